The molecular formula is C16H22N4O2S. The molecule has 0 radical (unpaired) electrons. The standard InChI is InChI=1S/C16H22N4O2S/c1-2-13-11(9-20-5-3-4-6-20)7-14(22-13)15(21)18-8-12-10-23-16(17)19-12/h7,10H,2-6,8-9H2,1H3,(H2,17,19)(H,18,21). The molecule has 0 spiro atoms. The molecular weight excluding hydrogens is 312 g/mol. The SMILES string of the molecule is CCc1oc(C(=O)NCc2csc(N)n2)cc1CN1CCCC1. The van der Waals surface area contributed by atoms with Gasteiger partial charge in [0.05, 0.1) is 12.2 Å². The van der Waals surface area contributed by atoms with Crippen LogP contribution >= 0.6 is 11.3 Å². The highest BCUT2D eigenvalue weighted by molar-refractivity contribution is 7.13. The van der Waals surface area contributed by atoms with Gasteiger partial charge in [0, 0.05) is 23.9 Å². The summed E-state index contributed by atoms with van der Waals surface area (Å²) in [5, 5.41) is 5.18. The van der Waals surface area contributed by atoms with E-state index in [0.717, 1.165) is 43.1 Å². The third-order valence-electron chi connectivity index (χ3n) is 4.03. The molecule has 23 heavy (non-hydrogen) atoms. The number of carbonyl (C=O) groups is 1. The lowest BCUT2D eigenvalue weighted by atomic mass is 10.2. The first-order valence-corrected chi connectivity index (χ1v) is 8.85. The summed E-state index contributed by atoms with van der Waals surface area (Å²) in [5.41, 5.74) is 7.47. The number of aryl methyl sites for hydroxylation is 1. The zero-order chi connectivity index (χ0) is 16.2. The number of furan rings is 1. The van der Waals surface area contributed by atoms with Crippen LogP contribution < -0.4 is 11.1 Å². The molecule has 0 aliphatic carbocycles. The normalized spacial score (nSPS) is 15.2. The van der Waals surface area contributed by atoms with Gasteiger partial charge in [-0.15, -0.1) is 11.3 Å². The van der Waals surface area contributed by atoms with E-state index in [1.807, 2.05) is 18.4 Å². The molecule has 7 heteroatoms. The molecule has 1 amide bonds. The number of likely N-dealkylation sites (tertiary alicyclic amines) is 1. The predicted octanol–water partition coefficient (Wildman–Crippen LogP) is 2.41. The number of nitrogens with two attached hydrogens (primary N) is 1. The lowest BCUT2D eigenvalue weighted by Gasteiger charge is -2.13. The summed E-state index contributed by atoms with van der Waals surface area (Å²) in [7, 11) is 0. The Morgan fingerprint density at radius 3 is 2.91 bits per heavy atom. The first-order valence-electron chi connectivity index (χ1n) is 7.97. The van der Waals surface area contributed by atoms with Crippen LogP contribution in [0.4, 0.5) is 5.13 Å². The number of nitrogen functional groups attached to an aromatic ring is 1. The minimum absolute atomic E-state index is 0.209. The van der Waals surface area contributed by atoms with Gasteiger partial charge in [0.1, 0.15) is 5.76 Å². The number of carbonyl (C=O) groups excluding carboxylic acids is 1. The molecule has 3 heterocycles. The van der Waals surface area contributed by atoms with Gasteiger partial charge in [-0.2, -0.15) is 0 Å². The van der Waals surface area contributed by atoms with Crippen molar-refractivity contribution in [2.75, 3.05) is 18.8 Å². The molecule has 2 aromatic heterocycles. The summed E-state index contributed by atoms with van der Waals surface area (Å²) in [4.78, 5) is 18.8. The number of thiazole rings is 1. The van der Waals surface area contributed by atoms with Gasteiger partial charge in [0.25, 0.3) is 5.91 Å². The van der Waals surface area contributed by atoms with E-state index < -0.39 is 0 Å². The van der Waals surface area contributed by atoms with Crippen molar-refractivity contribution in [3.05, 3.63) is 34.2 Å². The fourth-order valence-corrected chi connectivity index (χ4v) is 3.42. The van der Waals surface area contributed by atoms with Crippen molar-refractivity contribution in [2.45, 2.75) is 39.3 Å². The Labute approximate surface area is 139 Å². The number of anilines is 1. The fourth-order valence-electron chi connectivity index (χ4n) is 2.85. The van der Waals surface area contributed by atoms with Crippen LogP contribution in [-0.4, -0.2) is 28.9 Å². The van der Waals surface area contributed by atoms with E-state index in [-0.39, 0.29) is 5.91 Å². The fraction of sp³-hybridized carbons (Fsp3) is 0.500. The second kappa shape index (κ2) is 7.14. The number of rotatable bonds is 6. The van der Waals surface area contributed by atoms with Crippen molar-refractivity contribution >= 4 is 22.4 Å². The van der Waals surface area contributed by atoms with E-state index in [1.165, 1.54) is 24.2 Å². The lowest BCUT2D eigenvalue weighted by Crippen LogP contribution is -2.22. The molecule has 3 N–H and O–H groups in total. The molecule has 1 saturated heterocycles. The van der Waals surface area contributed by atoms with Crippen LogP contribution in [-0.2, 0) is 19.5 Å². The Kier molecular flexibility index (Phi) is 4.97. The molecule has 0 atom stereocenters. The average molecular weight is 334 g/mol. The predicted molar refractivity (Wildman–Crippen MR) is 90.3 cm³/mol. The highest BCUT2D eigenvalue weighted by Crippen LogP contribution is 2.21. The monoisotopic (exact) mass is 334 g/mol. The van der Waals surface area contributed by atoms with Crippen molar-refractivity contribution in [1.29, 1.82) is 0 Å². The number of hydrogen-bond donors (Lipinski definition) is 2. The maximum Gasteiger partial charge on any atom is 0.287 e. The van der Waals surface area contributed by atoms with Crippen molar-refractivity contribution < 1.29 is 9.21 Å². The number of nitrogens with zero attached hydrogens (tertiary/aromatic N) is 2. The Morgan fingerprint density at radius 1 is 1.48 bits per heavy atom. The van der Waals surface area contributed by atoms with Crippen LogP contribution in [0.5, 0.6) is 0 Å². The summed E-state index contributed by atoms with van der Waals surface area (Å²) < 4.78 is 5.75. The molecule has 0 unspecified atom stereocenters. The van der Waals surface area contributed by atoms with Crippen LogP contribution in [0.3, 0.4) is 0 Å². The van der Waals surface area contributed by atoms with E-state index in [0.29, 0.717) is 17.4 Å². The highest BCUT2D eigenvalue weighted by atomic mass is 32.1. The number of amides is 1. The van der Waals surface area contributed by atoms with E-state index in [9.17, 15) is 4.79 Å². The topological polar surface area (TPSA) is 84.4 Å². The number of aromatic nitrogens is 1. The molecule has 0 bridgehead atoms. The smallest absolute Gasteiger partial charge is 0.287 e. The summed E-state index contributed by atoms with van der Waals surface area (Å²) in [6.45, 7) is 5.52. The first kappa shape index (κ1) is 16.0. The zero-order valence-corrected chi connectivity index (χ0v) is 14.1. The van der Waals surface area contributed by atoms with E-state index in [2.05, 4.69) is 15.2 Å². The number of nitrogens with one attached hydrogen (secondary N) is 1. The van der Waals surface area contributed by atoms with Gasteiger partial charge >= 0.3 is 0 Å². The van der Waals surface area contributed by atoms with Gasteiger partial charge in [-0.1, -0.05) is 6.92 Å². The molecule has 3 rings (SSSR count). The van der Waals surface area contributed by atoms with Crippen LogP contribution in [0.25, 0.3) is 0 Å². The molecule has 124 valence electrons. The lowest BCUT2D eigenvalue weighted by molar-refractivity contribution is 0.0921. The second-order valence-electron chi connectivity index (χ2n) is 5.76. The molecule has 1 fully saturated rings. The third-order valence-corrected chi connectivity index (χ3v) is 4.76. The van der Waals surface area contributed by atoms with Gasteiger partial charge in [0.2, 0.25) is 0 Å². The molecule has 0 aromatic carbocycles. The third kappa shape index (κ3) is 3.92. The van der Waals surface area contributed by atoms with Gasteiger partial charge in [-0.25, -0.2) is 4.98 Å². The highest BCUT2D eigenvalue weighted by Gasteiger charge is 2.19. The Morgan fingerprint density at radius 2 is 2.26 bits per heavy atom. The van der Waals surface area contributed by atoms with Crippen molar-refractivity contribution in [3.8, 4) is 0 Å². The van der Waals surface area contributed by atoms with Crippen LogP contribution in [0, 0.1) is 0 Å². The minimum Gasteiger partial charge on any atom is -0.456 e. The van der Waals surface area contributed by atoms with Gasteiger partial charge in [-0.3, -0.25) is 9.69 Å². The van der Waals surface area contributed by atoms with Crippen molar-refractivity contribution in [2.24, 2.45) is 0 Å². The molecule has 0 saturated carbocycles. The second-order valence-corrected chi connectivity index (χ2v) is 6.65. The first-order chi connectivity index (χ1) is 11.2. The Hall–Kier alpha value is -1.86. The molecule has 1 aliphatic heterocycles. The summed E-state index contributed by atoms with van der Waals surface area (Å²) in [5.74, 6) is 1.07. The largest absolute Gasteiger partial charge is 0.456 e. The van der Waals surface area contributed by atoms with E-state index >= 15 is 0 Å². The van der Waals surface area contributed by atoms with Gasteiger partial charge in [-0.05, 0) is 32.0 Å². The van der Waals surface area contributed by atoms with Crippen molar-refractivity contribution in [3.63, 3.8) is 0 Å². The van der Waals surface area contributed by atoms with Crippen LogP contribution in [0.1, 0.15) is 47.3 Å². The zero-order valence-electron chi connectivity index (χ0n) is 13.3. The van der Waals surface area contributed by atoms with Gasteiger partial charge in [0.15, 0.2) is 10.9 Å². The van der Waals surface area contributed by atoms with Crippen molar-refractivity contribution in [1.82, 2.24) is 15.2 Å². The summed E-state index contributed by atoms with van der Waals surface area (Å²) in [6.07, 6.45) is 3.30. The Bertz CT molecular complexity index is 673. The Balaban J connectivity index is 1.64. The van der Waals surface area contributed by atoms with Crippen LogP contribution in [0.2, 0.25) is 0 Å². The van der Waals surface area contributed by atoms with E-state index in [1.54, 1.807) is 0 Å². The molecule has 2 aromatic rings. The molecule has 1 aliphatic rings. The van der Waals surface area contributed by atoms with Crippen LogP contribution in [0.15, 0.2) is 15.9 Å². The molecule has 6 nitrogen and oxygen atoms in total. The number of hydrogen-bond acceptors (Lipinski definition) is 6. The van der Waals surface area contributed by atoms with Gasteiger partial charge < -0.3 is 15.5 Å². The summed E-state index contributed by atoms with van der Waals surface area (Å²) >= 11 is 1.37. The summed E-state index contributed by atoms with van der Waals surface area (Å²) in [6, 6.07) is 1.88. The minimum atomic E-state index is -0.209. The van der Waals surface area contributed by atoms with E-state index in [4.69, 9.17) is 10.2 Å². The average Bonchev–Trinajstić information content (AvgIpc) is 3.26. The quantitative estimate of drug-likeness (QED) is 0.847. The maximum absolute atomic E-state index is 12.3. The maximum atomic E-state index is 12.3.